The second-order valence-electron chi connectivity index (χ2n) is 5.00. The molecule has 0 saturated carbocycles. The Balaban J connectivity index is 1.97. The predicted octanol–water partition coefficient (Wildman–Crippen LogP) is 0.807. The molecule has 0 spiro atoms. The Hall–Kier alpha value is -1.56. The summed E-state index contributed by atoms with van der Waals surface area (Å²) in [7, 11) is -3.10. The largest absolute Gasteiger partial charge is 0.399 e. The lowest BCUT2D eigenvalue weighted by atomic mass is 10.1. The topological polar surface area (TPSA) is 89.3 Å². The Labute approximate surface area is 113 Å². The van der Waals surface area contributed by atoms with Crippen LogP contribution < -0.4 is 11.1 Å². The molecule has 0 bridgehead atoms. The lowest BCUT2D eigenvalue weighted by Crippen LogP contribution is -2.28. The fraction of sp³-hybridized carbons (Fsp3) is 0.462. The third kappa shape index (κ3) is 3.70. The van der Waals surface area contributed by atoms with Crippen molar-refractivity contribution < 1.29 is 13.2 Å². The molecule has 0 aliphatic heterocycles. The monoisotopic (exact) mass is 282 g/mol. The van der Waals surface area contributed by atoms with Crippen LogP contribution in [0.25, 0.3) is 0 Å². The van der Waals surface area contributed by atoms with Crippen LogP contribution in [0.5, 0.6) is 0 Å². The first-order chi connectivity index (χ1) is 8.85. The van der Waals surface area contributed by atoms with Crippen molar-refractivity contribution in [1.29, 1.82) is 0 Å². The van der Waals surface area contributed by atoms with Crippen LogP contribution in [-0.2, 0) is 21.1 Å². The number of nitrogens with two attached hydrogens (primary N) is 1. The number of carbonyl (C=O) groups is 1. The van der Waals surface area contributed by atoms with Crippen molar-refractivity contribution in [2.75, 3.05) is 17.7 Å². The number of amides is 1. The molecule has 1 atom stereocenters. The van der Waals surface area contributed by atoms with E-state index in [1.54, 1.807) is 0 Å². The Morgan fingerprint density at radius 3 is 2.89 bits per heavy atom. The van der Waals surface area contributed by atoms with Gasteiger partial charge in [0.25, 0.3) is 0 Å². The van der Waals surface area contributed by atoms with E-state index in [0.29, 0.717) is 0 Å². The first-order valence-electron chi connectivity index (χ1n) is 6.20. The Morgan fingerprint density at radius 1 is 1.47 bits per heavy atom. The van der Waals surface area contributed by atoms with Gasteiger partial charge in [0.2, 0.25) is 5.91 Å². The molecular weight excluding hydrogens is 264 g/mol. The van der Waals surface area contributed by atoms with Crippen molar-refractivity contribution in [2.45, 2.75) is 25.3 Å². The lowest BCUT2D eigenvalue weighted by molar-refractivity contribution is -0.121. The van der Waals surface area contributed by atoms with Crippen molar-refractivity contribution in [2.24, 2.45) is 0 Å². The molecule has 0 heterocycles. The maximum atomic E-state index is 11.7. The van der Waals surface area contributed by atoms with E-state index < -0.39 is 9.84 Å². The number of nitrogen functional groups attached to an aromatic ring is 1. The smallest absolute Gasteiger partial charge is 0.221 e. The van der Waals surface area contributed by atoms with E-state index in [0.717, 1.165) is 35.9 Å². The van der Waals surface area contributed by atoms with E-state index >= 15 is 0 Å². The van der Waals surface area contributed by atoms with Gasteiger partial charge in [-0.15, -0.1) is 0 Å². The minimum absolute atomic E-state index is 0.0135. The van der Waals surface area contributed by atoms with Crippen molar-refractivity contribution in [3.63, 3.8) is 0 Å². The number of aryl methyl sites for hydroxylation is 1. The van der Waals surface area contributed by atoms with E-state index in [9.17, 15) is 13.2 Å². The molecule has 1 aromatic rings. The van der Waals surface area contributed by atoms with Crippen LogP contribution in [0.1, 0.15) is 30.0 Å². The third-order valence-corrected chi connectivity index (χ3v) is 4.23. The van der Waals surface area contributed by atoms with Crippen LogP contribution in [0.2, 0.25) is 0 Å². The predicted molar refractivity (Wildman–Crippen MR) is 74.4 cm³/mol. The van der Waals surface area contributed by atoms with Crippen LogP contribution in [0, 0.1) is 0 Å². The second-order valence-corrected chi connectivity index (χ2v) is 7.26. The molecule has 1 aromatic carbocycles. The summed E-state index contributed by atoms with van der Waals surface area (Å²) in [5.74, 6) is -0.333. The lowest BCUT2D eigenvalue weighted by Gasteiger charge is -2.14. The van der Waals surface area contributed by atoms with Gasteiger partial charge in [-0.25, -0.2) is 8.42 Å². The number of benzene rings is 1. The molecule has 1 unspecified atom stereocenters. The molecule has 0 saturated heterocycles. The fourth-order valence-corrected chi connectivity index (χ4v) is 2.89. The van der Waals surface area contributed by atoms with Gasteiger partial charge in [-0.05, 0) is 36.1 Å². The van der Waals surface area contributed by atoms with Crippen molar-refractivity contribution >= 4 is 21.4 Å². The molecule has 3 N–H and O–H groups in total. The Kier molecular flexibility index (Phi) is 3.80. The van der Waals surface area contributed by atoms with Gasteiger partial charge in [0.15, 0.2) is 0 Å². The summed E-state index contributed by atoms with van der Waals surface area (Å²) in [4.78, 5) is 11.7. The highest BCUT2D eigenvalue weighted by atomic mass is 32.2. The molecule has 5 nitrogen and oxygen atoms in total. The molecule has 0 radical (unpaired) electrons. The van der Waals surface area contributed by atoms with E-state index in [1.807, 2.05) is 18.2 Å². The van der Waals surface area contributed by atoms with Gasteiger partial charge < -0.3 is 11.1 Å². The average molecular weight is 282 g/mol. The summed E-state index contributed by atoms with van der Waals surface area (Å²) in [6.07, 6.45) is 2.87. The molecule has 1 amide bonds. The number of nitrogens with one attached hydrogen (secondary N) is 1. The third-order valence-electron chi connectivity index (χ3n) is 3.28. The second kappa shape index (κ2) is 5.21. The van der Waals surface area contributed by atoms with E-state index in [2.05, 4.69) is 5.32 Å². The Bertz CT molecular complexity index is 596. The van der Waals surface area contributed by atoms with Crippen LogP contribution in [0.15, 0.2) is 18.2 Å². The first-order valence-corrected chi connectivity index (χ1v) is 8.26. The zero-order chi connectivity index (χ0) is 14.0. The minimum atomic E-state index is -3.10. The molecule has 6 heteroatoms. The minimum Gasteiger partial charge on any atom is -0.399 e. The van der Waals surface area contributed by atoms with Crippen LogP contribution in [-0.4, -0.2) is 26.3 Å². The Morgan fingerprint density at radius 2 is 2.21 bits per heavy atom. The van der Waals surface area contributed by atoms with Crippen LogP contribution >= 0.6 is 0 Å². The fourth-order valence-electron chi connectivity index (χ4n) is 2.33. The highest BCUT2D eigenvalue weighted by Gasteiger charge is 2.24. The van der Waals surface area contributed by atoms with Crippen LogP contribution in [0.3, 0.4) is 0 Å². The van der Waals surface area contributed by atoms with Crippen molar-refractivity contribution in [1.82, 2.24) is 5.32 Å². The number of fused-ring (bicyclic) bond motifs is 1. The molecule has 0 aromatic heterocycles. The molecule has 0 fully saturated rings. The SMILES string of the molecule is CS(=O)(=O)CCC(=O)NC1CCc2cc(N)ccc21. The highest BCUT2D eigenvalue weighted by Crippen LogP contribution is 2.32. The van der Waals surface area contributed by atoms with Crippen molar-refractivity contribution in [3.8, 4) is 0 Å². The van der Waals surface area contributed by atoms with Gasteiger partial charge in [0.05, 0.1) is 11.8 Å². The first kappa shape index (κ1) is 13.9. The average Bonchev–Trinajstić information content (AvgIpc) is 2.68. The van der Waals surface area contributed by atoms with E-state index in [-0.39, 0.29) is 24.1 Å². The highest BCUT2D eigenvalue weighted by molar-refractivity contribution is 7.90. The number of carbonyl (C=O) groups excluding carboxylic acids is 1. The molecular formula is C13H18N2O3S. The van der Waals surface area contributed by atoms with Gasteiger partial charge in [-0.3, -0.25) is 4.79 Å². The summed E-state index contributed by atoms with van der Waals surface area (Å²) >= 11 is 0. The number of sulfone groups is 1. The summed E-state index contributed by atoms with van der Waals surface area (Å²) in [6, 6.07) is 5.65. The summed E-state index contributed by atoms with van der Waals surface area (Å²) in [5, 5.41) is 2.88. The van der Waals surface area contributed by atoms with Gasteiger partial charge in [0, 0.05) is 18.4 Å². The summed E-state index contributed by atoms with van der Waals surface area (Å²) < 4.78 is 22.0. The normalized spacial score (nSPS) is 18.1. The van der Waals surface area contributed by atoms with Crippen molar-refractivity contribution in [3.05, 3.63) is 29.3 Å². The summed E-state index contributed by atoms with van der Waals surface area (Å²) in [6.45, 7) is 0. The zero-order valence-electron chi connectivity index (χ0n) is 10.8. The van der Waals surface area contributed by atoms with Gasteiger partial charge in [0.1, 0.15) is 9.84 Å². The quantitative estimate of drug-likeness (QED) is 0.800. The molecule has 2 rings (SSSR count). The maximum Gasteiger partial charge on any atom is 0.221 e. The zero-order valence-corrected chi connectivity index (χ0v) is 11.7. The van der Waals surface area contributed by atoms with Gasteiger partial charge in [-0.2, -0.15) is 0 Å². The number of rotatable bonds is 4. The van der Waals surface area contributed by atoms with Crippen LogP contribution in [0.4, 0.5) is 5.69 Å². The standard InChI is InChI=1S/C13H18N2O3S/c1-19(17,18)7-6-13(16)15-12-5-2-9-8-10(14)3-4-11(9)12/h3-4,8,12H,2,5-7,14H2,1H3,(H,15,16). The van der Waals surface area contributed by atoms with Gasteiger partial charge in [-0.1, -0.05) is 6.07 Å². The number of hydrogen-bond donors (Lipinski definition) is 2. The molecule has 19 heavy (non-hydrogen) atoms. The summed E-state index contributed by atoms with van der Waals surface area (Å²) in [5.41, 5.74) is 8.69. The number of hydrogen-bond acceptors (Lipinski definition) is 4. The van der Waals surface area contributed by atoms with Gasteiger partial charge >= 0.3 is 0 Å². The number of anilines is 1. The maximum absolute atomic E-state index is 11.7. The molecule has 1 aliphatic rings. The van der Waals surface area contributed by atoms with E-state index in [1.165, 1.54) is 0 Å². The van der Waals surface area contributed by atoms with E-state index in [4.69, 9.17) is 5.73 Å². The molecule has 1 aliphatic carbocycles. The molecule has 104 valence electrons.